The van der Waals surface area contributed by atoms with Crippen molar-refractivity contribution in [1.82, 2.24) is 13.9 Å². The first-order valence-electron chi connectivity index (χ1n) is 10.5. The topological polar surface area (TPSA) is 87.5 Å². The summed E-state index contributed by atoms with van der Waals surface area (Å²) in [4.78, 5) is 17.5. The molecule has 0 saturated carbocycles. The van der Waals surface area contributed by atoms with Crippen molar-refractivity contribution >= 4 is 28.7 Å². The Labute approximate surface area is 199 Å². The number of hydrogen-bond donors (Lipinski definition) is 0. The highest BCUT2D eigenvalue weighted by Crippen LogP contribution is 2.40. The van der Waals surface area contributed by atoms with E-state index in [0.29, 0.717) is 33.5 Å². The zero-order valence-corrected chi connectivity index (χ0v) is 20.8. The van der Waals surface area contributed by atoms with Crippen molar-refractivity contribution in [2.24, 2.45) is 5.92 Å². The maximum absolute atomic E-state index is 15.1. The highest BCUT2D eigenvalue weighted by atomic mass is 32.2. The monoisotopic (exact) mass is 492 g/mol. The van der Waals surface area contributed by atoms with Crippen molar-refractivity contribution in [2.75, 3.05) is 7.05 Å². The SMILES string of the molecule is CC(C)Cc1cc(-c2ccc(Cn3ccnc3C(C)C)c(F)c2)c(OC(=O)N(C)S(=O)[O-])s1. The van der Waals surface area contributed by atoms with Crippen LogP contribution in [0.5, 0.6) is 5.06 Å². The van der Waals surface area contributed by atoms with Crippen LogP contribution in [0.25, 0.3) is 11.1 Å². The van der Waals surface area contributed by atoms with E-state index >= 15 is 4.39 Å². The number of halogens is 1. The Bertz CT molecular complexity index is 1160. The standard InChI is InChI=1S/C23H28FN3O4S2/c1-14(2)10-18-12-19(22(32-18)31-23(28)26(5)33(29)30)16-6-7-17(20(24)11-16)13-27-9-8-25-21(27)15(3)4/h6-9,11-12,14-15H,10,13H2,1-5H3,(H,29,30)/p-1. The molecule has 1 aromatic carbocycles. The van der Waals surface area contributed by atoms with Gasteiger partial charge in [0.1, 0.15) is 11.6 Å². The molecule has 1 atom stereocenters. The molecule has 3 aromatic rings. The molecule has 1 unspecified atom stereocenters. The number of nitrogens with zero attached hydrogens (tertiary/aromatic N) is 3. The van der Waals surface area contributed by atoms with Gasteiger partial charge in [0.15, 0.2) is 5.06 Å². The summed E-state index contributed by atoms with van der Waals surface area (Å²) in [5.74, 6) is 1.07. The first-order valence-corrected chi connectivity index (χ1v) is 12.4. The molecule has 10 heteroatoms. The predicted molar refractivity (Wildman–Crippen MR) is 126 cm³/mol. The second-order valence-corrected chi connectivity index (χ2v) is 10.5. The largest absolute Gasteiger partial charge is 0.755 e. The summed E-state index contributed by atoms with van der Waals surface area (Å²) < 4.78 is 45.0. The first-order chi connectivity index (χ1) is 15.6. The van der Waals surface area contributed by atoms with Crippen LogP contribution in [0.4, 0.5) is 9.18 Å². The molecule has 0 N–H and O–H groups in total. The van der Waals surface area contributed by atoms with Gasteiger partial charge in [-0.3, -0.25) is 4.21 Å². The maximum atomic E-state index is 15.1. The molecule has 0 aliphatic carbocycles. The van der Waals surface area contributed by atoms with E-state index in [1.807, 2.05) is 30.7 Å². The van der Waals surface area contributed by atoms with Gasteiger partial charge in [-0.1, -0.05) is 39.8 Å². The Hall–Kier alpha value is -2.56. The lowest BCUT2D eigenvalue weighted by atomic mass is 10.0. The molecule has 0 saturated heterocycles. The van der Waals surface area contributed by atoms with Gasteiger partial charge in [0.05, 0.1) is 17.8 Å². The Morgan fingerprint density at radius 3 is 2.64 bits per heavy atom. The van der Waals surface area contributed by atoms with E-state index in [1.54, 1.807) is 18.3 Å². The summed E-state index contributed by atoms with van der Waals surface area (Å²) in [5.41, 5.74) is 1.60. The van der Waals surface area contributed by atoms with Gasteiger partial charge in [-0.2, -0.15) is 0 Å². The smallest absolute Gasteiger partial charge is 0.426 e. The highest BCUT2D eigenvalue weighted by Gasteiger charge is 2.20. The van der Waals surface area contributed by atoms with E-state index in [4.69, 9.17) is 4.74 Å². The normalized spacial score (nSPS) is 12.4. The Morgan fingerprint density at radius 1 is 1.30 bits per heavy atom. The van der Waals surface area contributed by atoms with Crippen LogP contribution in [0, 0.1) is 11.7 Å². The Balaban J connectivity index is 1.93. The molecule has 2 aromatic heterocycles. The van der Waals surface area contributed by atoms with Gasteiger partial charge in [0, 0.05) is 41.4 Å². The van der Waals surface area contributed by atoms with Crippen LogP contribution in [-0.4, -0.2) is 35.8 Å². The number of imidazole rings is 1. The minimum absolute atomic E-state index is 0.214. The Morgan fingerprint density at radius 2 is 2.03 bits per heavy atom. The number of carbonyl (C=O) groups excluding carboxylic acids is 1. The molecule has 0 radical (unpaired) electrons. The van der Waals surface area contributed by atoms with Gasteiger partial charge in [-0.05, 0) is 30.0 Å². The lowest BCUT2D eigenvalue weighted by molar-refractivity contribution is 0.185. The summed E-state index contributed by atoms with van der Waals surface area (Å²) in [6.07, 6.45) is 3.25. The molecule has 0 aliphatic heterocycles. The fourth-order valence-corrected chi connectivity index (χ4v) is 4.78. The van der Waals surface area contributed by atoms with Crippen LogP contribution in [0.2, 0.25) is 0 Å². The van der Waals surface area contributed by atoms with Gasteiger partial charge in [-0.25, -0.2) is 18.5 Å². The molecule has 2 heterocycles. The molecule has 0 aliphatic rings. The van der Waals surface area contributed by atoms with Gasteiger partial charge in [-0.15, -0.1) is 11.3 Å². The second kappa shape index (κ2) is 10.6. The summed E-state index contributed by atoms with van der Waals surface area (Å²) in [6.45, 7) is 8.55. The summed E-state index contributed by atoms with van der Waals surface area (Å²) in [7, 11) is 1.10. The van der Waals surface area contributed by atoms with Gasteiger partial charge < -0.3 is 13.9 Å². The zero-order chi connectivity index (χ0) is 24.3. The van der Waals surface area contributed by atoms with Crippen molar-refractivity contribution in [3.63, 3.8) is 0 Å². The summed E-state index contributed by atoms with van der Waals surface area (Å²) in [6, 6.07) is 6.76. The number of benzene rings is 1. The van der Waals surface area contributed by atoms with E-state index in [2.05, 4.69) is 18.8 Å². The fourth-order valence-electron chi connectivity index (χ4n) is 3.39. The number of carbonyl (C=O) groups is 1. The third kappa shape index (κ3) is 6.07. The summed E-state index contributed by atoms with van der Waals surface area (Å²) in [5, 5.41) is 0.233. The number of aromatic nitrogens is 2. The first kappa shape index (κ1) is 25.1. The van der Waals surface area contributed by atoms with Gasteiger partial charge in [0.25, 0.3) is 0 Å². The second-order valence-electron chi connectivity index (χ2n) is 8.47. The van der Waals surface area contributed by atoms with Crippen LogP contribution >= 0.6 is 11.3 Å². The van der Waals surface area contributed by atoms with E-state index in [9.17, 15) is 13.6 Å². The van der Waals surface area contributed by atoms with Crippen molar-refractivity contribution < 1.29 is 22.7 Å². The van der Waals surface area contributed by atoms with Crippen LogP contribution < -0.4 is 4.74 Å². The molecule has 3 rings (SSSR count). The van der Waals surface area contributed by atoms with Crippen LogP contribution in [0.15, 0.2) is 36.7 Å². The molecule has 178 valence electrons. The van der Waals surface area contributed by atoms with Crippen molar-refractivity contribution in [2.45, 2.75) is 46.6 Å². The third-order valence-electron chi connectivity index (χ3n) is 4.99. The number of ether oxygens (including phenoxy) is 1. The zero-order valence-electron chi connectivity index (χ0n) is 19.2. The highest BCUT2D eigenvalue weighted by molar-refractivity contribution is 7.77. The average molecular weight is 493 g/mol. The minimum Gasteiger partial charge on any atom is -0.755 e. The number of rotatable bonds is 8. The van der Waals surface area contributed by atoms with E-state index < -0.39 is 17.4 Å². The van der Waals surface area contributed by atoms with Crippen molar-refractivity contribution in [3.05, 3.63) is 58.7 Å². The number of amides is 1. The maximum Gasteiger partial charge on any atom is 0.426 e. The molecule has 7 nitrogen and oxygen atoms in total. The lowest BCUT2D eigenvalue weighted by Crippen LogP contribution is -2.31. The molecular formula is C23H27FN3O4S2-. The van der Waals surface area contributed by atoms with E-state index in [1.165, 1.54) is 17.4 Å². The van der Waals surface area contributed by atoms with E-state index in [-0.39, 0.29) is 16.8 Å². The van der Waals surface area contributed by atoms with Crippen LogP contribution in [0.1, 0.15) is 49.9 Å². The average Bonchev–Trinajstić information content (AvgIpc) is 3.35. The third-order valence-corrected chi connectivity index (χ3v) is 6.62. The van der Waals surface area contributed by atoms with Gasteiger partial charge >= 0.3 is 6.09 Å². The minimum atomic E-state index is -2.75. The summed E-state index contributed by atoms with van der Waals surface area (Å²) >= 11 is -1.50. The van der Waals surface area contributed by atoms with Crippen molar-refractivity contribution in [1.29, 1.82) is 0 Å². The molecule has 0 fully saturated rings. The molecular weight excluding hydrogens is 465 g/mol. The molecule has 33 heavy (non-hydrogen) atoms. The van der Waals surface area contributed by atoms with Crippen LogP contribution in [0.3, 0.4) is 0 Å². The number of thiophene rings is 1. The lowest BCUT2D eigenvalue weighted by Gasteiger charge is -2.18. The molecule has 0 bridgehead atoms. The van der Waals surface area contributed by atoms with Crippen molar-refractivity contribution in [3.8, 4) is 16.2 Å². The van der Waals surface area contributed by atoms with E-state index in [0.717, 1.165) is 24.2 Å². The fraction of sp³-hybridized carbons (Fsp3) is 0.391. The Kier molecular flexibility index (Phi) is 8.04. The quantitative estimate of drug-likeness (QED) is 0.396. The molecule has 1 amide bonds. The predicted octanol–water partition coefficient (Wildman–Crippen LogP) is 5.35. The number of hydrogen-bond acceptors (Lipinski definition) is 6. The van der Waals surface area contributed by atoms with Gasteiger partial charge in [0.2, 0.25) is 0 Å². The molecule has 0 spiro atoms. The van der Waals surface area contributed by atoms with Crippen LogP contribution in [-0.2, 0) is 24.2 Å².